The zero-order valence-electron chi connectivity index (χ0n) is 11.9. The molecule has 20 heavy (non-hydrogen) atoms. The molecule has 1 aliphatic heterocycles. The second-order valence-corrected chi connectivity index (χ2v) is 7.17. The Labute approximate surface area is 121 Å². The van der Waals surface area contributed by atoms with Crippen LogP contribution in [0.4, 0.5) is 0 Å². The van der Waals surface area contributed by atoms with Crippen molar-refractivity contribution in [1.29, 1.82) is 0 Å². The second kappa shape index (κ2) is 7.02. The molecule has 0 N–H and O–H groups in total. The van der Waals surface area contributed by atoms with E-state index in [1.54, 1.807) is 11.2 Å². The van der Waals surface area contributed by atoms with E-state index in [9.17, 15) is 8.42 Å². The van der Waals surface area contributed by atoms with Crippen molar-refractivity contribution >= 4 is 16.1 Å². The number of piperazine rings is 1. The van der Waals surface area contributed by atoms with Gasteiger partial charge in [-0.15, -0.1) is 0 Å². The van der Waals surface area contributed by atoms with Crippen LogP contribution in [0.1, 0.15) is 12.5 Å². The van der Waals surface area contributed by atoms with Crippen LogP contribution in [0, 0.1) is 0 Å². The first-order valence-electron chi connectivity index (χ1n) is 7.03. The average Bonchev–Trinajstić information content (AvgIpc) is 2.49. The van der Waals surface area contributed by atoms with Gasteiger partial charge in [-0.3, -0.25) is 4.90 Å². The van der Waals surface area contributed by atoms with Gasteiger partial charge in [0.15, 0.2) is 0 Å². The van der Waals surface area contributed by atoms with Crippen molar-refractivity contribution in [2.75, 3.05) is 38.5 Å². The molecule has 1 heterocycles. The van der Waals surface area contributed by atoms with E-state index in [0.29, 0.717) is 13.1 Å². The number of nitrogens with zero attached hydrogens (tertiary/aromatic N) is 2. The molecule has 2 rings (SSSR count). The molecule has 0 aliphatic carbocycles. The van der Waals surface area contributed by atoms with E-state index in [1.807, 2.05) is 18.2 Å². The fourth-order valence-electron chi connectivity index (χ4n) is 2.27. The lowest BCUT2D eigenvalue weighted by atomic mass is 10.2. The van der Waals surface area contributed by atoms with Crippen molar-refractivity contribution < 1.29 is 8.42 Å². The number of sulfonamides is 1. The highest BCUT2D eigenvalue weighted by Gasteiger charge is 2.24. The molecular formula is C15H22N2O2S. The minimum absolute atomic E-state index is 0.195. The van der Waals surface area contributed by atoms with Crippen LogP contribution in [0.15, 0.2) is 36.4 Å². The first kappa shape index (κ1) is 15.2. The highest BCUT2D eigenvalue weighted by molar-refractivity contribution is 7.89. The lowest BCUT2D eigenvalue weighted by Gasteiger charge is -2.33. The average molecular weight is 294 g/mol. The predicted molar refractivity (Wildman–Crippen MR) is 82.9 cm³/mol. The van der Waals surface area contributed by atoms with Crippen molar-refractivity contribution in [1.82, 2.24) is 9.21 Å². The highest BCUT2D eigenvalue weighted by Crippen LogP contribution is 2.08. The molecule has 0 saturated carbocycles. The van der Waals surface area contributed by atoms with E-state index >= 15 is 0 Å². The third-order valence-corrected chi connectivity index (χ3v) is 5.44. The first-order chi connectivity index (χ1) is 9.62. The summed E-state index contributed by atoms with van der Waals surface area (Å²) in [6.07, 6.45) is 4.24. The molecule has 0 radical (unpaired) electrons. The normalized spacial score (nSPS) is 18.6. The molecule has 5 heteroatoms. The van der Waals surface area contributed by atoms with Crippen molar-refractivity contribution in [2.45, 2.75) is 6.92 Å². The Bertz CT molecular complexity index is 532. The first-order valence-corrected chi connectivity index (χ1v) is 8.64. The second-order valence-electron chi connectivity index (χ2n) is 4.91. The monoisotopic (exact) mass is 294 g/mol. The molecule has 1 saturated heterocycles. The molecule has 1 aromatic carbocycles. The van der Waals surface area contributed by atoms with Crippen molar-refractivity contribution in [3.05, 3.63) is 42.0 Å². The van der Waals surface area contributed by atoms with Gasteiger partial charge in [0.1, 0.15) is 0 Å². The van der Waals surface area contributed by atoms with Crippen LogP contribution >= 0.6 is 0 Å². The summed E-state index contributed by atoms with van der Waals surface area (Å²) in [5.41, 5.74) is 1.19. The molecule has 0 amide bonds. The molecule has 0 spiro atoms. The molecule has 1 aliphatic rings. The summed E-state index contributed by atoms with van der Waals surface area (Å²) in [4.78, 5) is 2.28. The Balaban J connectivity index is 1.79. The molecule has 0 atom stereocenters. The molecule has 0 aromatic heterocycles. The van der Waals surface area contributed by atoms with Crippen LogP contribution < -0.4 is 0 Å². The molecular weight excluding hydrogens is 272 g/mol. The number of benzene rings is 1. The molecule has 0 unspecified atom stereocenters. The molecule has 1 aromatic rings. The van der Waals surface area contributed by atoms with Gasteiger partial charge in [0.2, 0.25) is 10.0 Å². The van der Waals surface area contributed by atoms with Gasteiger partial charge in [0.05, 0.1) is 5.75 Å². The number of hydrogen-bond donors (Lipinski definition) is 0. The molecule has 110 valence electrons. The molecule has 4 nitrogen and oxygen atoms in total. The van der Waals surface area contributed by atoms with Gasteiger partial charge in [-0.05, 0) is 12.5 Å². The van der Waals surface area contributed by atoms with Crippen LogP contribution in [0.3, 0.4) is 0 Å². The van der Waals surface area contributed by atoms with E-state index < -0.39 is 10.0 Å². The molecule has 0 bridgehead atoms. The van der Waals surface area contributed by atoms with Crippen molar-refractivity contribution in [2.24, 2.45) is 0 Å². The van der Waals surface area contributed by atoms with Gasteiger partial charge in [0.25, 0.3) is 0 Å². The summed E-state index contributed by atoms with van der Waals surface area (Å²) in [5, 5.41) is 0. The van der Waals surface area contributed by atoms with E-state index in [2.05, 4.69) is 29.2 Å². The van der Waals surface area contributed by atoms with E-state index in [0.717, 1.165) is 19.6 Å². The summed E-state index contributed by atoms with van der Waals surface area (Å²) >= 11 is 0. The summed E-state index contributed by atoms with van der Waals surface area (Å²) in [6.45, 7) is 5.39. The zero-order valence-corrected chi connectivity index (χ0v) is 12.7. The smallest absolute Gasteiger partial charge is 0.213 e. The standard InChI is InChI=1S/C15H22N2O2S/c1-2-20(18,19)17-13-11-16(12-14-17)10-6-9-15-7-4-3-5-8-15/h3-9H,2,10-14H2,1H3. The third kappa shape index (κ3) is 4.16. The largest absolute Gasteiger partial charge is 0.297 e. The van der Waals surface area contributed by atoms with Crippen LogP contribution in [0.5, 0.6) is 0 Å². The quantitative estimate of drug-likeness (QED) is 0.829. The fraction of sp³-hybridized carbons (Fsp3) is 0.467. The Kier molecular flexibility index (Phi) is 5.34. The summed E-state index contributed by atoms with van der Waals surface area (Å²) in [7, 11) is -3.02. The summed E-state index contributed by atoms with van der Waals surface area (Å²) < 4.78 is 25.1. The zero-order chi connectivity index (χ0) is 14.4. The maximum Gasteiger partial charge on any atom is 0.213 e. The highest BCUT2D eigenvalue weighted by atomic mass is 32.2. The van der Waals surface area contributed by atoms with Crippen molar-refractivity contribution in [3.8, 4) is 0 Å². The van der Waals surface area contributed by atoms with Gasteiger partial charge < -0.3 is 0 Å². The van der Waals surface area contributed by atoms with Gasteiger partial charge in [0, 0.05) is 32.7 Å². The van der Waals surface area contributed by atoms with Gasteiger partial charge in [-0.1, -0.05) is 42.5 Å². The third-order valence-electron chi connectivity index (χ3n) is 3.56. The maximum atomic E-state index is 11.8. The summed E-state index contributed by atoms with van der Waals surface area (Å²) in [6, 6.07) is 10.2. The predicted octanol–water partition coefficient (Wildman–Crippen LogP) is 1.67. The van der Waals surface area contributed by atoms with Crippen LogP contribution in [-0.2, 0) is 10.0 Å². The van der Waals surface area contributed by atoms with Crippen LogP contribution in [0.25, 0.3) is 6.08 Å². The lowest BCUT2D eigenvalue weighted by Crippen LogP contribution is -2.48. The van der Waals surface area contributed by atoms with Crippen molar-refractivity contribution in [3.63, 3.8) is 0 Å². The Morgan fingerprint density at radius 1 is 1.10 bits per heavy atom. The Hall–Kier alpha value is -1.17. The van der Waals surface area contributed by atoms with E-state index in [4.69, 9.17) is 0 Å². The minimum atomic E-state index is -3.02. The van der Waals surface area contributed by atoms with Crippen LogP contribution in [-0.4, -0.2) is 56.1 Å². The molecule has 1 fully saturated rings. The minimum Gasteiger partial charge on any atom is -0.297 e. The van der Waals surface area contributed by atoms with Gasteiger partial charge >= 0.3 is 0 Å². The van der Waals surface area contributed by atoms with Gasteiger partial charge in [-0.25, -0.2) is 8.42 Å². The summed E-state index contributed by atoms with van der Waals surface area (Å²) in [5.74, 6) is 0.195. The number of rotatable bonds is 5. The van der Waals surface area contributed by atoms with E-state index in [-0.39, 0.29) is 5.75 Å². The topological polar surface area (TPSA) is 40.6 Å². The SMILES string of the molecule is CCS(=O)(=O)N1CCN(CC=Cc2ccccc2)CC1. The van der Waals surface area contributed by atoms with Crippen LogP contribution in [0.2, 0.25) is 0 Å². The Morgan fingerprint density at radius 3 is 2.35 bits per heavy atom. The van der Waals surface area contributed by atoms with E-state index in [1.165, 1.54) is 5.56 Å². The van der Waals surface area contributed by atoms with Gasteiger partial charge in [-0.2, -0.15) is 4.31 Å². The lowest BCUT2D eigenvalue weighted by molar-refractivity contribution is 0.205. The maximum absolute atomic E-state index is 11.8. The fourth-order valence-corrected chi connectivity index (χ4v) is 3.36. The Morgan fingerprint density at radius 2 is 1.75 bits per heavy atom. The number of hydrogen-bond acceptors (Lipinski definition) is 3.